The van der Waals surface area contributed by atoms with E-state index in [2.05, 4.69) is 11.9 Å². The quantitative estimate of drug-likeness (QED) is 0.387. The van der Waals surface area contributed by atoms with Crippen molar-refractivity contribution in [2.75, 3.05) is 26.4 Å². The van der Waals surface area contributed by atoms with Crippen LogP contribution in [0.25, 0.3) is 0 Å². The molecular weight excluding hydrogens is 262 g/mol. The van der Waals surface area contributed by atoms with Crippen LogP contribution >= 0.6 is 0 Å². The Bertz CT molecular complexity index is 319. The molecule has 2 N–H and O–H groups in total. The van der Waals surface area contributed by atoms with Crippen LogP contribution < -0.4 is 5.32 Å². The van der Waals surface area contributed by atoms with Gasteiger partial charge in [-0.05, 0) is 33.2 Å². The van der Waals surface area contributed by atoms with E-state index < -0.39 is 17.9 Å². The van der Waals surface area contributed by atoms with Gasteiger partial charge < -0.3 is 24.6 Å². The van der Waals surface area contributed by atoms with Gasteiger partial charge in [0.05, 0.1) is 12.6 Å². The minimum atomic E-state index is -0.804. The largest absolute Gasteiger partial charge is 0.459 e. The third-order valence-electron chi connectivity index (χ3n) is 2.95. The predicted octanol–water partition coefficient (Wildman–Crippen LogP) is 0.598. The maximum atomic E-state index is 12.0. The van der Waals surface area contributed by atoms with Crippen LogP contribution in [-0.2, 0) is 19.0 Å². The summed E-state index contributed by atoms with van der Waals surface area (Å²) in [6.07, 6.45) is 2.36. The summed E-state index contributed by atoms with van der Waals surface area (Å²) in [5.74, 6) is -1.22. The topological polar surface area (TPSA) is 77.0 Å². The van der Waals surface area contributed by atoms with Crippen LogP contribution in [-0.4, -0.2) is 55.4 Å². The average Bonchev–Trinajstić information content (AvgIpc) is 2.41. The number of carbonyl (C=O) groups excluding carboxylic acids is 1. The van der Waals surface area contributed by atoms with Crippen LogP contribution in [0.2, 0.25) is 0 Å². The normalized spacial score (nSPS) is 25.1. The zero-order chi connectivity index (χ0) is 15.0. The lowest BCUT2D eigenvalue weighted by Gasteiger charge is -2.40. The number of hydrogen-bond acceptors (Lipinski definition) is 6. The molecule has 6 heteroatoms. The van der Waals surface area contributed by atoms with Crippen LogP contribution in [0, 0.1) is 0 Å². The number of carbonyl (C=O) groups is 1. The molecule has 0 saturated carbocycles. The Kier molecular flexibility index (Phi) is 7.15. The van der Waals surface area contributed by atoms with Crippen LogP contribution in [0.3, 0.4) is 0 Å². The number of aliphatic hydroxyl groups excluding tert-OH is 1. The van der Waals surface area contributed by atoms with Gasteiger partial charge in [-0.25, -0.2) is 4.79 Å². The smallest absolute Gasteiger partial charge is 0.337 e. The van der Waals surface area contributed by atoms with Gasteiger partial charge in [-0.15, -0.1) is 0 Å². The summed E-state index contributed by atoms with van der Waals surface area (Å²) in [6.45, 7) is 8.43. The first-order chi connectivity index (χ1) is 9.50. The number of ether oxygens (including phenoxy) is 3. The second-order valence-corrected chi connectivity index (χ2v) is 5.16. The Morgan fingerprint density at radius 3 is 2.95 bits per heavy atom. The number of hydrogen-bond donors (Lipinski definition) is 2. The fraction of sp³-hybridized carbons (Fsp3) is 0.786. The molecule has 1 saturated heterocycles. The van der Waals surface area contributed by atoms with Crippen LogP contribution in [0.5, 0.6) is 0 Å². The lowest BCUT2D eigenvalue weighted by molar-refractivity contribution is -0.281. The molecule has 1 heterocycles. The van der Waals surface area contributed by atoms with Crippen molar-refractivity contribution in [3.8, 4) is 0 Å². The van der Waals surface area contributed by atoms with Gasteiger partial charge in [0.25, 0.3) is 0 Å². The fourth-order valence-electron chi connectivity index (χ4n) is 1.93. The zero-order valence-electron chi connectivity index (χ0n) is 12.3. The van der Waals surface area contributed by atoms with E-state index in [0.717, 1.165) is 12.8 Å². The van der Waals surface area contributed by atoms with Crippen molar-refractivity contribution in [3.63, 3.8) is 0 Å². The first-order valence-corrected chi connectivity index (χ1v) is 6.93. The van der Waals surface area contributed by atoms with Gasteiger partial charge in [-0.2, -0.15) is 0 Å². The molecule has 1 aliphatic rings. The summed E-state index contributed by atoms with van der Waals surface area (Å²) in [7, 11) is 0. The number of esters is 1. The number of rotatable bonds is 8. The lowest BCUT2D eigenvalue weighted by Crippen LogP contribution is -2.58. The highest BCUT2D eigenvalue weighted by atomic mass is 16.7. The molecule has 1 aliphatic heterocycles. The second-order valence-electron chi connectivity index (χ2n) is 5.16. The molecular formula is C14H25NO5. The molecule has 0 aromatic carbocycles. The molecule has 0 spiro atoms. The van der Waals surface area contributed by atoms with E-state index in [1.807, 2.05) is 0 Å². The van der Waals surface area contributed by atoms with Gasteiger partial charge in [0.2, 0.25) is 0 Å². The Morgan fingerprint density at radius 2 is 2.30 bits per heavy atom. The van der Waals surface area contributed by atoms with E-state index in [4.69, 9.17) is 19.3 Å². The molecule has 2 unspecified atom stereocenters. The van der Waals surface area contributed by atoms with Crippen molar-refractivity contribution >= 4 is 5.97 Å². The monoisotopic (exact) mass is 287 g/mol. The van der Waals surface area contributed by atoms with Crippen molar-refractivity contribution in [1.82, 2.24) is 5.32 Å². The van der Waals surface area contributed by atoms with Crippen molar-refractivity contribution < 1.29 is 24.1 Å². The lowest BCUT2D eigenvalue weighted by atomic mass is 10.1. The van der Waals surface area contributed by atoms with Gasteiger partial charge in [0.15, 0.2) is 11.9 Å². The van der Waals surface area contributed by atoms with Gasteiger partial charge in [-0.1, -0.05) is 12.7 Å². The van der Waals surface area contributed by atoms with Gasteiger partial charge in [0.1, 0.15) is 6.61 Å². The molecule has 0 bridgehead atoms. The van der Waals surface area contributed by atoms with Crippen molar-refractivity contribution in [1.29, 1.82) is 0 Å². The Labute approximate surface area is 120 Å². The molecule has 0 amide bonds. The molecule has 2 atom stereocenters. The average molecular weight is 287 g/mol. The highest BCUT2D eigenvalue weighted by Gasteiger charge is 2.41. The maximum Gasteiger partial charge on any atom is 0.337 e. The Balaban J connectivity index is 2.55. The molecule has 6 nitrogen and oxygen atoms in total. The van der Waals surface area contributed by atoms with Crippen LogP contribution in [0.1, 0.15) is 26.7 Å². The SMILES string of the molecule is C=CCOC(=O)C1OC(C)(C)OCC1NCCCCO. The van der Waals surface area contributed by atoms with E-state index in [1.165, 1.54) is 6.08 Å². The van der Waals surface area contributed by atoms with Gasteiger partial charge in [-0.3, -0.25) is 0 Å². The van der Waals surface area contributed by atoms with Gasteiger partial charge >= 0.3 is 5.97 Å². The number of nitrogens with one attached hydrogen (secondary N) is 1. The highest BCUT2D eigenvalue weighted by Crippen LogP contribution is 2.23. The maximum absolute atomic E-state index is 12.0. The summed E-state index contributed by atoms with van der Waals surface area (Å²) in [5.41, 5.74) is 0. The molecule has 0 aliphatic carbocycles. The van der Waals surface area contributed by atoms with Crippen LogP contribution in [0.4, 0.5) is 0 Å². The van der Waals surface area contributed by atoms with Crippen LogP contribution in [0.15, 0.2) is 12.7 Å². The third-order valence-corrected chi connectivity index (χ3v) is 2.95. The minimum Gasteiger partial charge on any atom is -0.459 e. The first kappa shape index (κ1) is 17.1. The Hall–Kier alpha value is -0.950. The molecule has 0 aromatic heterocycles. The highest BCUT2D eigenvalue weighted by molar-refractivity contribution is 5.76. The molecule has 1 fully saturated rings. The Morgan fingerprint density at radius 1 is 1.55 bits per heavy atom. The van der Waals surface area contributed by atoms with E-state index in [0.29, 0.717) is 13.2 Å². The summed E-state index contributed by atoms with van der Waals surface area (Å²) in [4.78, 5) is 12.0. The van der Waals surface area contributed by atoms with E-state index in [9.17, 15) is 4.79 Å². The molecule has 0 aromatic rings. The van der Waals surface area contributed by atoms with Gasteiger partial charge in [0, 0.05) is 6.61 Å². The zero-order valence-corrected chi connectivity index (χ0v) is 12.3. The van der Waals surface area contributed by atoms with E-state index >= 15 is 0 Å². The third kappa shape index (κ3) is 5.58. The number of unbranched alkanes of at least 4 members (excludes halogenated alkanes) is 1. The van der Waals surface area contributed by atoms with E-state index in [1.54, 1.807) is 13.8 Å². The first-order valence-electron chi connectivity index (χ1n) is 6.93. The summed E-state index contributed by atoms with van der Waals surface area (Å²) < 4.78 is 16.3. The second kappa shape index (κ2) is 8.36. The fourth-order valence-corrected chi connectivity index (χ4v) is 1.93. The van der Waals surface area contributed by atoms with Crippen molar-refractivity contribution in [2.24, 2.45) is 0 Å². The predicted molar refractivity (Wildman–Crippen MR) is 74.2 cm³/mol. The van der Waals surface area contributed by atoms with Crippen molar-refractivity contribution in [2.45, 2.75) is 44.6 Å². The summed E-state index contributed by atoms with van der Waals surface area (Å²) in [6, 6.07) is -0.251. The molecule has 0 radical (unpaired) electrons. The van der Waals surface area contributed by atoms with E-state index in [-0.39, 0.29) is 19.3 Å². The summed E-state index contributed by atoms with van der Waals surface area (Å²) in [5, 5.41) is 12.0. The van der Waals surface area contributed by atoms with Crippen molar-refractivity contribution in [3.05, 3.63) is 12.7 Å². The molecule has 20 heavy (non-hydrogen) atoms. The number of aliphatic hydroxyl groups is 1. The molecule has 116 valence electrons. The summed E-state index contributed by atoms with van der Waals surface area (Å²) >= 11 is 0. The molecule has 1 rings (SSSR count). The minimum absolute atomic E-state index is 0.164. The standard InChI is InChI=1S/C14H25NO5/c1-4-9-18-13(17)12-11(15-7-5-6-8-16)10-19-14(2,3)20-12/h4,11-12,15-16H,1,5-10H2,2-3H3.